The average Bonchev–Trinajstić information content (AvgIpc) is 2.92. The molecule has 0 saturated carbocycles. The number of allylic oxidation sites excluding steroid dienone is 3. The van der Waals surface area contributed by atoms with Crippen molar-refractivity contribution >= 4 is 17.1 Å². The molecular formula is C34H39FO3. The minimum Gasteiger partial charge on any atom is -0.494 e. The molecule has 0 heterocycles. The molecule has 0 spiro atoms. The number of hydrogen-bond acceptors (Lipinski definition) is 2. The van der Waals surface area contributed by atoms with E-state index in [1.807, 2.05) is 49.4 Å². The van der Waals surface area contributed by atoms with Crippen LogP contribution in [0.3, 0.4) is 0 Å². The predicted molar refractivity (Wildman–Crippen MR) is 156 cm³/mol. The Morgan fingerprint density at radius 2 is 1.50 bits per heavy atom. The van der Waals surface area contributed by atoms with Gasteiger partial charge < -0.3 is 9.84 Å². The lowest BCUT2D eigenvalue weighted by Gasteiger charge is -2.11. The molecule has 0 atom stereocenters. The number of hydrogen-bond donors (Lipinski definition) is 1. The third kappa shape index (κ3) is 8.44. The summed E-state index contributed by atoms with van der Waals surface area (Å²) in [6, 6.07) is 20.4. The van der Waals surface area contributed by atoms with E-state index in [0.717, 1.165) is 47.5 Å². The van der Waals surface area contributed by atoms with Crippen molar-refractivity contribution < 1.29 is 19.0 Å². The molecule has 38 heavy (non-hydrogen) atoms. The van der Waals surface area contributed by atoms with E-state index in [1.165, 1.54) is 44.2 Å². The predicted octanol–water partition coefficient (Wildman–Crippen LogP) is 9.50. The first-order valence-electron chi connectivity index (χ1n) is 13.7. The molecule has 0 aliphatic carbocycles. The number of carboxylic acid groups (broad SMARTS) is 1. The maximum atomic E-state index is 13.9. The van der Waals surface area contributed by atoms with Crippen LogP contribution in [0.2, 0.25) is 0 Å². The second-order valence-corrected chi connectivity index (χ2v) is 9.61. The van der Waals surface area contributed by atoms with Crippen LogP contribution in [0.5, 0.6) is 5.75 Å². The number of carboxylic acids is 1. The van der Waals surface area contributed by atoms with Gasteiger partial charge >= 0.3 is 5.97 Å². The average molecular weight is 515 g/mol. The normalized spacial score (nSPS) is 12.0. The van der Waals surface area contributed by atoms with Gasteiger partial charge in [0.05, 0.1) is 12.2 Å². The van der Waals surface area contributed by atoms with Crippen LogP contribution in [0, 0.1) is 12.7 Å². The quantitative estimate of drug-likeness (QED) is 0.132. The Kier molecular flexibility index (Phi) is 11.4. The number of ether oxygens (including phenoxy) is 1. The maximum absolute atomic E-state index is 13.9. The first kappa shape index (κ1) is 28.9. The Labute approximate surface area is 226 Å². The van der Waals surface area contributed by atoms with Crippen molar-refractivity contribution in [3.8, 4) is 16.9 Å². The lowest BCUT2D eigenvalue weighted by atomic mass is 9.94. The van der Waals surface area contributed by atoms with Gasteiger partial charge in [-0.3, -0.25) is 0 Å². The topological polar surface area (TPSA) is 46.5 Å². The van der Waals surface area contributed by atoms with Gasteiger partial charge in [0.25, 0.3) is 0 Å². The van der Waals surface area contributed by atoms with Crippen molar-refractivity contribution in [2.24, 2.45) is 0 Å². The van der Waals surface area contributed by atoms with E-state index in [4.69, 9.17) is 4.74 Å². The van der Waals surface area contributed by atoms with Crippen molar-refractivity contribution in [3.63, 3.8) is 0 Å². The van der Waals surface area contributed by atoms with Gasteiger partial charge in [-0.05, 0) is 83.5 Å². The monoisotopic (exact) mass is 514 g/mol. The van der Waals surface area contributed by atoms with Gasteiger partial charge in [-0.25, -0.2) is 9.18 Å². The molecule has 0 aliphatic rings. The molecule has 3 nitrogen and oxygen atoms in total. The third-order valence-corrected chi connectivity index (χ3v) is 6.62. The summed E-state index contributed by atoms with van der Waals surface area (Å²) in [5.41, 5.74) is 5.01. The SMILES string of the molecule is CC/C=C(/C=C(/C(=O)O)c1cc(F)ccc1C)c1ccc(-c2ccc(OCCCCCCCC)cc2)cc1. The number of rotatable bonds is 14. The van der Waals surface area contributed by atoms with E-state index >= 15 is 0 Å². The minimum atomic E-state index is -1.09. The summed E-state index contributed by atoms with van der Waals surface area (Å²) >= 11 is 0. The smallest absolute Gasteiger partial charge is 0.336 e. The first-order chi connectivity index (χ1) is 18.4. The molecule has 3 aromatic rings. The summed E-state index contributed by atoms with van der Waals surface area (Å²) in [4.78, 5) is 12.1. The second-order valence-electron chi connectivity index (χ2n) is 9.61. The highest BCUT2D eigenvalue weighted by Gasteiger charge is 2.15. The van der Waals surface area contributed by atoms with E-state index < -0.39 is 11.8 Å². The lowest BCUT2D eigenvalue weighted by molar-refractivity contribution is -0.130. The zero-order chi connectivity index (χ0) is 27.3. The summed E-state index contributed by atoms with van der Waals surface area (Å²) < 4.78 is 19.8. The fraction of sp³-hybridized carbons (Fsp3) is 0.324. The second kappa shape index (κ2) is 14.9. The number of carbonyl (C=O) groups is 1. The number of aliphatic carboxylic acids is 1. The zero-order valence-electron chi connectivity index (χ0n) is 22.8. The van der Waals surface area contributed by atoms with Gasteiger partial charge in [0.2, 0.25) is 0 Å². The first-order valence-corrected chi connectivity index (χ1v) is 13.7. The Hall–Kier alpha value is -3.66. The summed E-state index contributed by atoms with van der Waals surface area (Å²) in [6.07, 6.45) is 11.8. The molecule has 0 radical (unpaired) electrons. The van der Waals surface area contributed by atoms with Crippen molar-refractivity contribution in [3.05, 3.63) is 101 Å². The Morgan fingerprint density at radius 3 is 2.13 bits per heavy atom. The van der Waals surface area contributed by atoms with Gasteiger partial charge in [-0.2, -0.15) is 0 Å². The summed E-state index contributed by atoms with van der Waals surface area (Å²) in [7, 11) is 0. The molecule has 4 heteroatoms. The lowest BCUT2D eigenvalue weighted by Crippen LogP contribution is -2.03. The van der Waals surface area contributed by atoms with Gasteiger partial charge in [-0.15, -0.1) is 0 Å². The largest absolute Gasteiger partial charge is 0.494 e. The molecule has 0 amide bonds. The van der Waals surface area contributed by atoms with E-state index in [9.17, 15) is 14.3 Å². The molecule has 200 valence electrons. The van der Waals surface area contributed by atoms with Crippen LogP contribution in [-0.4, -0.2) is 17.7 Å². The van der Waals surface area contributed by atoms with Gasteiger partial charge in [0.15, 0.2) is 0 Å². The van der Waals surface area contributed by atoms with Crippen LogP contribution in [0.25, 0.3) is 22.3 Å². The molecule has 0 aliphatic heterocycles. The van der Waals surface area contributed by atoms with E-state index in [0.29, 0.717) is 11.1 Å². The molecule has 3 rings (SSSR count). The molecule has 0 aromatic heterocycles. The highest BCUT2D eigenvalue weighted by molar-refractivity contribution is 6.18. The fourth-order valence-electron chi connectivity index (χ4n) is 4.45. The van der Waals surface area contributed by atoms with Crippen molar-refractivity contribution in [2.75, 3.05) is 6.61 Å². The number of halogens is 1. The van der Waals surface area contributed by atoms with Crippen LogP contribution >= 0.6 is 0 Å². The van der Waals surface area contributed by atoms with Crippen molar-refractivity contribution in [2.45, 2.75) is 65.7 Å². The molecule has 0 bridgehead atoms. The Morgan fingerprint density at radius 1 is 0.868 bits per heavy atom. The minimum absolute atomic E-state index is 0.0716. The number of aryl methyl sites for hydroxylation is 1. The van der Waals surface area contributed by atoms with Crippen LogP contribution in [-0.2, 0) is 4.79 Å². The van der Waals surface area contributed by atoms with Gasteiger partial charge in [-0.1, -0.05) is 94.5 Å². The molecule has 1 N–H and O–H groups in total. The molecule has 0 fully saturated rings. The van der Waals surface area contributed by atoms with Crippen LogP contribution < -0.4 is 4.74 Å². The molecule has 3 aromatic carbocycles. The van der Waals surface area contributed by atoms with Crippen molar-refractivity contribution in [1.82, 2.24) is 0 Å². The van der Waals surface area contributed by atoms with Crippen LogP contribution in [0.4, 0.5) is 4.39 Å². The van der Waals surface area contributed by atoms with Crippen LogP contribution in [0.1, 0.15) is 75.5 Å². The van der Waals surface area contributed by atoms with E-state index in [-0.39, 0.29) is 5.57 Å². The Balaban J connectivity index is 1.71. The van der Waals surface area contributed by atoms with E-state index in [1.54, 1.807) is 19.1 Å². The van der Waals surface area contributed by atoms with Gasteiger partial charge in [0, 0.05) is 0 Å². The summed E-state index contributed by atoms with van der Waals surface area (Å²) in [5, 5.41) is 9.90. The number of benzene rings is 3. The molecular weight excluding hydrogens is 475 g/mol. The maximum Gasteiger partial charge on any atom is 0.336 e. The highest BCUT2D eigenvalue weighted by atomic mass is 19.1. The fourth-order valence-corrected chi connectivity index (χ4v) is 4.45. The highest BCUT2D eigenvalue weighted by Crippen LogP contribution is 2.29. The van der Waals surface area contributed by atoms with Crippen LogP contribution in [0.15, 0.2) is 78.9 Å². The molecule has 0 saturated heterocycles. The molecule has 0 unspecified atom stereocenters. The Bertz CT molecular complexity index is 1240. The van der Waals surface area contributed by atoms with E-state index in [2.05, 4.69) is 19.1 Å². The zero-order valence-corrected chi connectivity index (χ0v) is 22.8. The summed E-state index contributed by atoms with van der Waals surface area (Å²) in [5.74, 6) is -0.663. The summed E-state index contributed by atoms with van der Waals surface area (Å²) in [6.45, 7) is 6.77. The number of unbranched alkanes of at least 4 members (excludes halogenated alkanes) is 5. The van der Waals surface area contributed by atoms with Gasteiger partial charge in [0.1, 0.15) is 11.6 Å². The standard InChI is InChI=1S/C34H39FO3/c1-4-6-7-8-9-10-22-38-31-20-17-27(18-21-31)26-13-15-28(16-14-26)29(11-5-2)23-33(34(36)37)32-24-30(35)19-12-25(32)3/h11-21,23-24H,4-10,22H2,1-3H3,(H,36,37)/b29-11-,33-23+. The van der Waals surface area contributed by atoms with Crippen molar-refractivity contribution in [1.29, 1.82) is 0 Å². The third-order valence-electron chi connectivity index (χ3n) is 6.62.